The predicted octanol–water partition coefficient (Wildman–Crippen LogP) is 4.45. The van der Waals surface area contributed by atoms with Crippen molar-refractivity contribution in [2.75, 3.05) is 5.32 Å². The van der Waals surface area contributed by atoms with Crippen LogP contribution in [0, 0.1) is 0 Å². The van der Waals surface area contributed by atoms with Crippen LogP contribution in [-0.4, -0.2) is 9.97 Å². The van der Waals surface area contributed by atoms with Gasteiger partial charge in [-0.3, -0.25) is 5.84 Å². The maximum Gasteiger partial charge on any atom is 0.416 e. The SMILES string of the molecule is C=C(NN)c1cnc(NC2(c3cccc(C(F)(F)F)c3)CCC2)nc1.CC. The molecule has 1 heterocycles. The minimum absolute atomic E-state index is 0.352. The molecule has 0 bridgehead atoms. The molecule has 1 aromatic heterocycles. The molecule has 3 rings (SSSR count). The second kappa shape index (κ2) is 8.39. The number of alkyl halides is 3. The summed E-state index contributed by atoms with van der Waals surface area (Å²) in [5.74, 6) is 5.64. The molecule has 27 heavy (non-hydrogen) atoms. The zero-order valence-electron chi connectivity index (χ0n) is 15.4. The highest BCUT2D eigenvalue weighted by atomic mass is 19.4. The third kappa shape index (κ3) is 4.57. The van der Waals surface area contributed by atoms with E-state index in [9.17, 15) is 13.2 Å². The third-order valence-corrected chi connectivity index (χ3v) is 4.48. The van der Waals surface area contributed by atoms with E-state index >= 15 is 0 Å². The Hall–Kier alpha value is -2.61. The van der Waals surface area contributed by atoms with Gasteiger partial charge in [-0.05, 0) is 37.0 Å². The molecular formula is C19H24F3N5. The summed E-state index contributed by atoms with van der Waals surface area (Å²) in [5, 5.41) is 3.20. The summed E-state index contributed by atoms with van der Waals surface area (Å²) in [6.07, 6.45) is 1.10. The number of anilines is 1. The van der Waals surface area contributed by atoms with Crippen molar-refractivity contribution in [3.05, 3.63) is 59.9 Å². The molecule has 5 nitrogen and oxygen atoms in total. The van der Waals surface area contributed by atoms with Crippen LogP contribution in [0.1, 0.15) is 49.8 Å². The van der Waals surface area contributed by atoms with E-state index in [1.807, 2.05) is 13.8 Å². The molecule has 1 aromatic carbocycles. The second-order valence-electron chi connectivity index (χ2n) is 6.06. The van der Waals surface area contributed by atoms with Crippen LogP contribution in [0.2, 0.25) is 0 Å². The number of aromatic nitrogens is 2. The summed E-state index contributed by atoms with van der Waals surface area (Å²) in [4.78, 5) is 8.42. The Labute approximate surface area is 156 Å². The van der Waals surface area contributed by atoms with Crippen molar-refractivity contribution < 1.29 is 13.2 Å². The van der Waals surface area contributed by atoms with E-state index in [4.69, 9.17) is 5.84 Å². The zero-order chi connectivity index (χ0) is 20.1. The lowest BCUT2D eigenvalue weighted by Crippen LogP contribution is -2.42. The molecule has 0 saturated heterocycles. The average Bonchev–Trinajstić information content (AvgIpc) is 2.65. The second-order valence-corrected chi connectivity index (χ2v) is 6.06. The minimum atomic E-state index is -4.37. The molecule has 0 spiro atoms. The molecule has 1 aliphatic rings. The van der Waals surface area contributed by atoms with Gasteiger partial charge in [-0.1, -0.05) is 32.6 Å². The highest BCUT2D eigenvalue weighted by molar-refractivity contribution is 5.59. The van der Waals surface area contributed by atoms with Gasteiger partial charge in [0, 0.05) is 18.0 Å². The number of hydrazine groups is 1. The monoisotopic (exact) mass is 379 g/mol. The Morgan fingerprint density at radius 1 is 1.19 bits per heavy atom. The van der Waals surface area contributed by atoms with Crippen LogP contribution in [0.25, 0.3) is 5.70 Å². The molecule has 146 valence electrons. The first-order valence-corrected chi connectivity index (χ1v) is 8.78. The van der Waals surface area contributed by atoms with Crippen LogP contribution >= 0.6 is 0 Å². The van der Waals surface area contributed by atoms with Crippen molar-refractivity contribution in [3.8, 4) is 0 Å². The number of nitrogens with one attached hydrogen (secondary N) is 2. The molecule has 0 aliphatic heterocycles. The van der Waals surface area contributed by atoms with Crippen molar-refractivity contribution in [2.24, 2.45) is 5.84 Å². The fourth-order valence-electron chi connectivity index (χ4n) is 2.86. The van der Waals surface area contributed by atoms with E-state index in [-0.39, 0.29) is 0 Å². The van der Waals surface area contributed by atoms with E-state index in [2.05, 4.69) is 27.3 Å². The number of hydrogen-bond donors (Lipinski definition) is 3. The van der Waals surface area contributed by atoms with Gasteiger partial charge < -0.3 is 10.7 Å². The lowest BCUT2D eigenvalue weighted by Gasteiger charge is -2.43. The van der Waals surface area contributed by atoms with Crippen molar-refractivity contribution >= 4 is 11.6 Å². The summed E-state index contributed by atoms with van der Waals surface area (Å²) in [6, 6.07) is 5.41. The molecule has 1 fully saturated rings. The number of benzene rings is 1. The average molecular weight is 379 g/mol. The summed E-state index contributed by atoms with van der Waals surface area (Å²) >= 11 is 0. The van der Waals surface area contributed by atoms with Crippen molar-refractivity contribution in [3.63, 3.8) is 0 Å². The lowest BCUT2D eigenvalue weighted by molar-refractivity contribution is -0.137. The van der Waals surface area contributed by atoms with Gasteiger partial charge in [0.15, 0.2) is 0 Å². The maximum absolute atomic E-state index is 13.0. The van der Waals surface area contributed by atoms with Crippen LogP contribution in [0.3, 0.4) is 0 Å². The fraction of sp³-hybridized carbons (Fsp3) is 0.368. The van der Waals surface area contributed by atoms with Crippen LogP contribution < -0.4 is 16.6 Å². The molecule has 2 aromatic rings. The fourth-order valence-corrected chi connectivity index (χ4v) is 2.86. The number of nitrogens with two attached hydrogens (primary N) is 1. The molecule has 1 saturated carbocycles. The standard InChI is InChI=1S/C17H18F3N5.C2H6/c1-11(25-21)12-9-22-15(23-10-12)24-16(6-3-7-16)13-4-2-5-14(8-13)17(18,19)20;1-2/h2,4-5,8-10,25H,1,3,6-7,21H2,(H,22,23,24);1-2H3. The van der Waals surface area contributed by atoms with Gasteiger partial charge in [0.2, 0.25) is 5.95 Å². The number of nitrogens with zero attached hydrogens (tertiary/aromatic N) is 2. The van der Waals surface area contributed by atoms with Gasteiger partial charge in [0.1, 0.15) is 0 Å². The molecule has 0 amide bonds. The Morgan fingerprint density at radius 2 is 1.81 bits per heavy atom. The summed E-state index contributed by atoms with van der Waals surface area (Å²) in [7, 11) is 0. The Kier molecular flexibility index (Phi) is 6.43. The maximum atomic E-state index is 13.0. The predicted molar refractivity (Wildman–Crippen MR) is 100 cm³/mol. The van der Waals surface area contributed by atoms with E-state index in [0.29, 0.717) is 22.8 Å². The Balaban J connectivity index is 0.00000126. The first kappa shape index (κ1) is 20.7. The lowest BCUT2D eigenvalue weighted by atomic mass is 9.71. The third-order valence-electron chi connectivity index (χ3n) is 4.48. The van der Waals surface area contributed by atoms with Crippen LogP contribution in [0.15, 0.2) is 43.2 Å². The van der Waals surface area contributed by atoms with Gasteiger partial charge >= 0.3 is 6.18 Å². The summed E-state index contributed by atoms with van der Waals surface area (Å²) < 4.78 is 39.0. The largest absolute Gasteiger partial charge is 0.416 e. The smallest absolute Gasteiger partial charge is 0.345 e. The minimum Gasteiger partial charge on any atom is -0.345 e. The van der Waals surface area contributed by atoms with Crippen molar-refractivity contribution in [2.45, 2.75) is 44.8 Å². The van der Waals surface area contributed by atoms with E-state index in [1.165, 1.54) is 12.1 Å². The van der Waals surface area contributed by atoms with Crippen molar-refractivity contribution in [1.82, 2.24) is 15.4 Å². The highest BCUT2D eigenvalue weighted by Crippen LogP contribution is 2.44. The van der Waals surface area contributed by atoms with Crippen LogP contribution in [-0.2, 0) is 11.7 Å². The molecule has 8 heteroatoms. The number of halogens is 3. The Bertz CT molecular complexity index is 768. The summed E-state index contributed by atoms with van der Waals surface area (Å²) in [5.41, 5.74) is 2.89. The van der Waals surface area contributed by atoms with Gasteiger partial charge in [-0.2, -0.15) is 13.2 Å². The van der Waals surface area contributed by atoms with Gasteiger partial charge in [0.05, 0.1) is 16.8 Å². The quantitative estimate of drug-likeness (QED) is 0.529. The first-order valence-electron chi connectivity index (χ1n) is 8.78. The first-order chi connectivity index (χ1) is 12.8. The van der Waals surface area contributed by atoms with E-state index in [0.717, 1.165) is 25.3 Å². The van der Waals surface area contributed by atoms with Gasteiger partial charge in [-0.15, -0.1) is 0 Å². The normalized spacial score (nSPS) is 15.0. The molecular weight excluding hydrogens is 355 g/mol. The zero-order valence-corrected chi connectivity index (χ0v) is 15.4. The number of rotatable bonds is 5. The summed E-state index contributed by atoms with van der Waals surface area (Å²) in [6.45, 7) is 7.71. The van der Waals surface area contributed by atoms with E-state index < -0.39 is 17.3 Å². The molecule has 0 unspecified atom stereocenters. The van der Waals surface area contributed by atoms with Crippen molar-refractivity contribution in [1.29, 1.82) is 0 Å². The highest BCUT2D eigenvalue weighted by Gasteiger charge is 2.41. The van der Waals surface area contributed by atoms with Crippen LogP contribution in [0.5, 0.6) is 0 Å². The number of hydrogen-bond acceptors (Lipinski definition) is 5. The van der Waals surface area contributed by atoms with Gasteiger partial charge in [0.25, 0.3) is 0 Å². The van der Waals surface area contributed by atoms with E-state index in [1.54, 1.807) is 18.5 Å². The topological polar surface area (TPSA) is 75.9 Å². The van der Waals surface area contributed by atoms with Crippen LogP contribution in [0.4, 0.5) is 19.1 Å². The molecule has 0 atom stereocenters. The molecule has 4 N–H and O–H groups in total. The Morgan fingerprint density at radius 3 is 2.30 bits per heavy atom. The van der Waals surface area contributed by atoms with Gasteiger partial charge in [-0.25, -0.2) is 9.97 Å². The molecule has 0 radical (unpaired) electrons. The molecule has 1 aliphatic carbocycles.